The molecule has 0 spiro atoms. The van der Waals surface area contributed by atoms with E-state index < -0.39 is 29.7 Å². The van der Waals surface area contributed by atoms with Crippen molar-refractivity contribution in [3.63, 3.8) is 0 Å². The molecule has 1 aliphatic heterocycles. The lowest BCUT2D eigenvalue weighted by molar-refractivity contribution is -0.157. The molecule has 0 saturated carbocycles. The molecule has 1 aliphatic rings. The number of nitrogens with zero attached hydrogens (tertiary/aromatic N) is 1. The lowest BCUT2D eigenvalue weighted by Crippen LogP contribution is -2.75. The van der Waals surface area contributed by atoms with Crippen molar-refractivity contribution < 1.29 is 24.2 Å². The number of ether oxygens (including phenoxy) is 1. The van der Waals surface area contributed by atoms with Crippen LogP contribution in [0.4, 0.5) is 4.79 Å². The maximum atomic E-state index is 12.1. The number of carboxylic acid groups (broad SMARTS) is 1. The van der Waals surface area contributed by atoms with Gasteiger partial charge >= 0.3 is 12.1 Å². The second kappa shape index (κ2) is 6.15. The van der Waals surface area contributed by atoms with Gasteiger partial charge in [0.1, 0.15) is 6.04 Å². The third kappa shape index (κ3) is 3.74. The highest BCUT2D eigenvalue weighted by Gasteiger charge is 2.53. The minimum Gasteiger partial charge on any atom is -0.465 e. The van der Waals surface area contributed by atoms with Crippen LogP contribution < -0.4 is 5.32 Å². The van der Waals surface area contributed by atoms with E-state index in [4.69, 9.17) is 9.84 Å². The molecule has 2 atom stereocenters. The fourth-order valence-corrected chi connectivity index (χ4v) is 2.43. The molecule has 1 rings (SSSR count). The van der Waals surface area contributed by atoms with Crippen LogP contribution in [0.25, 0.3) is 0 Å². The molecule has 0 aromatic rings. The molecule has 1 fully saturated rings. The highest BCUT2D eigenvalue weighted by Crippen LogP contribution is 2.33. The van der Waals surface area contributed by atoms with Crippen molar-refractivity contribution in [3.05, 3.63) is 11.6 Å². The third-order valence-electron chi connectivity index (χ3n) is 3.20. The van der Waals surface area contributed by atoms with Crippen molar-refractivity contribution in [2.24, 2.45) is 0 Å². The normalized spacial score (nSPS) is 22.6. The van der Waals surface area contributed by atoms with Gasteiger partial charge in [-0.2, -0.15) is 0 Å². The summed E-state index contributed by atoms with van der Waals surface area (Å²) in [7, 11) is 0. The van der Waals surface area contributed by atoms with E-state index in [9.17, 15) is 14.4 Å². The number of hydrogen-bond acceptors (Lipinski definition) is 4. The van der Waals surface area contributed by atoms with E-state index in [0.717, 1.165) is 0 Å². The van der Waals surface area contributed by atoms with Gasteiger partial charge in [0, 0.05) is 11.6 Å². The van der Waals surface area contributed by atoms with E-state index in [1.54, 1.807) is 18.7 Å². The van der Waals surface area contributed by atoms with Gasteiger partial charge in [0.05, 0.1) is 12.6 Å². The summed E-state index contributed by atoms with van der Waals surface area (Å²) in [6.07, 6.45) is 0.0337. The fourth-order valence-electron chi connectivity index (χ4n) is 2.43. The summed E-state index contributed by atoms with van der Waals surface area (Å²) >= 11 is 0. The summed E-state index contributed by atoms with van der Waals surface area (Å²) in [6, 6.07) is -1.36. The molecule has 118 valence electrons. The standard InChI is InChI=1S/C14H22N2O5/c1-6-21-9(17)7-8(2)11-10(15-13(19)20)12(18)16(11)14(3,4)5/h7,10-11,15H,6H2,1-5H3,(H,19,20). The maximum Gasteiger partial charge on any atom is 0.405 e. The van der Waals surface area contributed by atoms with Crippen molar-refractivity contribution in [2.45, 2.75) is 52.2 Å². The van der Waals surface area contributed by atoms with Gasteiger partial charge in [0.25, 0.3) is 0 Å². The van der Waals surface area contributed by atoms with E-state index in [1.807, 2.05) is 20.8 Å². The third-order valence-corrected chi connectivity index (χ3v) is 3.20. The first-order chi connectivity index (χ1) is 9.59. The minimum absolute atomic E-state index is 0.256. The number of carbonyl (C=O) groups excluding carboxylic acids is 2. The monoisotopic (exact) mass is 298 g/mol. The Hall–Kier alpha value is -2.05. The van der Waals surface area contributed by atoms with Crippen molar-refractivity contribution >= 4 is 18.0 Å². The summed E-state index contributed by atoms with van der Waals surface area (Å²) in [4.78, 5) is 36.0. The van der Waals surface area contributed by atoms with E-state index in [-0.39, 0.29) is 12.5 Å². The van der Waals surface area contributed by atoms with Crippen LogP contribution in [-0.4, -0.2) is 52.2 Å². The Kier molecular flexibility index (Phi) is 4.98. The molecular formula is C14H22N2O5. The zero-order valence-electron chi connectivity index (χ0n) is 13.0. The average molecular weight is 298 g/mol. The van der Waals surface area contributed by atoms with E-state index in [1.165, 1.54) is 6.08 Å². The van der Waals surface area contributed by atoms with Crippen molar-refractivity contribution in [1.82, 2.24) is 10.2 Å². The molecule has 2 amide bonds. The predicted molar refractivity (Wildman–Crippen MR) is 75.7 cm³/mol. The average Bonchev–Trinajstić information content (AvgIpc) is 2.30. The second-order valence-corrected chi connectivity index (χ2v) is 5.89. The lowest BCUT2D eigenvalue weighted by Gasteiger charge is -2.54. The minimum atomic E-state index is -1.27. The predicted octanol–water partition coefficient (Wildman–Crippen LogP) is 1.14. The first-order valence-electron chi connectivity index (χ1n) is 6.77. The zero-order chi connectivity index (χ0) is 16.4. The number of likely N-dealkylation sites (tertiary alicyclic amines) is 1. The number of esters is 1. The molecule has 2 N–H and O–H groups in total. The van der Waals surface area contributed by atoms with Gasteiger partial charge in [0.15, 0.2) is 0 Å². The summed E-state index contributed by atoms with van der Waals surface area (Å²) in [6.45, 7) is 9.20. The smallest absolute Gasteiger partial charge is 0.405 e. The van der Waals surface area contributed by atoms with Gasteiger partial charge < -0.3 is 20.1 Å². The Balaban J connectivity index is 3.02. The number of β-lactam (4-membered cyclic amide) rings is 1. The van der Waals surface area contributed by atoms with Crippen LogP contribution in [0.1, 0.15) is 34.6 Å². The topological polar surface area (TPSA) is 95.9 Å². The van der Waals surface area contributed by atoms with Gasteiger partial charge in [-0.05, 0) is 40.2 Å². The zero-order valence-corrected chi connectivity index (χ0v) is 13.0. The van der Waals surface area contributed by atoms with Crippen molar-refractivity contribution in [1.29, 1.82) is 0 Å². The highest BCUT2D eigenvalue weighted by atomic mass is 16.5. The van der Waals surface area contributed by atoms with Crippen LogP contribution in [0.15, 0.2) is 11.6 Å². The molecule has 0 radical (unpaired) electrons. The fraction of sp³-hybridized carbons (Fsp3) is 0.643. The molecule has 7 heteroatoms. The van der Waals surface area contributed by atoms with E-state index >= 15 is 0 Å². The van der Waals surface area contributed by atoms with E-state index in [2.05, 4.69) is 5.32 Å². The molecule has 2 unspecified atom stereocenters. The van der Waals surface area contributed by atoms with Crippen LogP contribution in [0.2, 0.25) is 0 Å². The molecule has 0 aromatic carbocycles. The maximum absolute atomic E-state index is 12.1. The van der Waals surface area contributed by atoms with Gasteiger partial charge in [0.2, 0.25) is 5.91 Å². The molecule has 0 aromatic heterocycles. The second-order valence-electron chi connectivity index (χ2n) is 5.89. The van der Waals surface area contributed by atoms with Gasteiger partial charge in [-0.15, -0.1) is 0 Å². The lowest BCUT2D eigenvalue weighted by atomic mass is 9.83. The highest BCUT2D eigenvalue weighted by molar-refractivity contribution is 5.94. The quantitative estimate of drug-likeness (QED) is 0.461. The van der Waals surface area contributed by atoms with E-state index in [0.29, 0.717) is 5.57 Å². The summed E-state index contributed by atoms with van der Waals surface area (Å²) in [5, 5.41) is 11.0. The van der Waals surface area contributed by atoms with Gasteiger partial charge in [-0.1, -0.05) is 0 Å². The van der Waals surface area contributed by atoms with Crippen molar-refractivity contribution in [3.8, 4) is 0 Å². The van der Waals surface area contributed by atoms with Crippen LogP contribution in [0.5, 0.6) is 0 Å². The van der Waals surface area contributed by atoms with Gasteiger partial charge in [-0.3, -0.25) is 4.79 Å². The largest absolute Gasteiger partial charge is 0.465 e. The van der Waals surface area contributed by atoms with Crippen LogP contribution >= 0.6 is 0 Å². The first kappa shape index (κ1) is 17.0. The Morgan fingerprint density at radius 3 is 2.43 bits per heavy atom. The Morgan fingerprint density at radius 1 is 1.43 bits per heavy atom. The molecule has 1 saturated heterocycles. The Morgan fingerprint density at radius 2 is 2.00 bits per heavy atom. The van der Waals surface area contributed by atoms with Crippen molar-refractivity contribution in [2.75, 3.05) is 6.61 Å². The molecule has 0 aliphatic carbocycles. The number of nitrogens with one attached hydrogen (secondary N) is 1. The molecule has 1 heterocycles. The van der Waals surface area contributed by atoms with Crippen LogP contribution in [0.3, 0.4) is 0 Å². The Labute approximate surface area is 123 Å². The SMILES string of the molecule is CCOC(=O)C=C(C)C1C(NC(=O)O)C(=O)N1C(C)(C)C. The van der Waals surface area contributed by atoms with Gasteiger partial charge in [-0.25, -0.2) is 9.59 Å². The number of carbonyl (C=O) groups is 3. The molecular weight excluding hydrogens is 276 g/mol. The molecule has 21 heavy (non-hydrogen) atoms. The first-order valence-corrected chi connectivity index (χ1v) is 6.77. The number of amides is 2. The van der Waals surface area contributed by atoms with Crippen LogP contribution in [-0.2, 0) is 14.3 Å². The molecule has 7 nitrogen and oxygen atoms in total. The molecule has 0 bridgehead atoms. The number of hydrogen-bond donors (Lipinski definition) is 2. The summed E-state index contributed by atoms with van der Waals surface area (Å²) in [5.41, 5.74) is 0.115. The van der Waals surface area contributed by atoms with Crippen LogP contribution in [0, 0.1) is 0 Å². The number of rotatable bonds is 4. The summed E-state index contributed by atoms with van der Waals surface area (Å²) in [5.74, 6) is -0.802. The summed E-state index contributed by atoms with van der Waals surface area (Å²) < 4.78 is 4.84. The Bertz CT molecular complexity index is 478.